The number of carboxylic acids is 1. The van der Waals surface area contributed by atoms with E-state index >= 15 is 0 Å². The molecule has 2 amide bonds. The number of hydrogen-bond acceptors (Lipinski definition) is 7. The first-order valence-corrected chi connectivity index (χ1v) is 9.31. The van der Waals surface area contributed by atoms with Crippen molar-refractivity contribution in [1.29, 1.82) is 0 Å². The molecule has 0 fully saturated rings. The summed E-state index contributed by atoms with van der Waals surface area (Å²) in [5.41, 5.74) is 21.6. The Morgan fingerprint density at radius 3 is 2.15 bits per heavy atom. The van der Waals surface area contributed by atoms with Crippen LogP contribution in [0.25, 0.3) is 0 Å². The number of carbonyl (C=O) groups excluding carboxylic acids is 2. The second-order valence-electron chi connectivity index (χ2n) is 5.98. The lowest BCUT2D eigenvalue weighted by Crippen LogP contribution is -2.55. The van der Waals surface area contributed by atoms with E-state index in [0.29, 0.717) is 38.8 Å². The molecular formula is C15H31N7O4S. The minimum atomic E-state index is -1.15. The number of nitrogens with one attached hydrogen (secondary N) is 2. The van der Waals surface area contributed by atoms with E-state index in [0.717, 1.165) is 0 Å². The van der Waals surface area contributed by atoms with E-state index in [1.165, 1.54) is 0 Å². The molecule has 156 valence electrons. The molecule has 0 aliphatic rings. The molecule has 0 aromatic heterocycles. The average Bonchev–Trinajstić information content (AvgIpc) is 2.61. The van der Waals surface area contributed by atoms with Crippen LogP contribution < -0.4 is 33.6 Å². The third kappa shape index (κ3) is 11.3. The lowest BCUT2D eigenvalue weighted by atomic mass is 10.1. The van der Waals surface area contributed by atoms with Gasteiger partial charge in [-0.15, -0.1) is 0 Å². The molecule has 0 heterocycles. The van der Waals surface area contributed by atoms with Crippen molar-refractivity contribution in [3.63, 3.8) is 0 Å². The number of carboxylic acid groups (broad SMARTS) is 1. The summed E-state index contributed by atoms with van der Waals surface area (Å²) in [4.78, 5) is 39.4. The number of aliphatic carboxylic acids is 1. The van der Waals surface area contributed by atoms with E-state index in [1.54, 1.807) is 0 Å². The van der Waals surface area contributed by atoms with E-state index in [2.05, 4.69) is 28.3 Å². The molecule has 0 aromatic rings. The Balaban J connectivity index is 4.57. The normalized spacial score (nSPS) is 13.9. The van der Waals surface area contributed by atoms with Gasteiger partial charge in [-0.2, -0.15) is 12.6 Å². The summed E-state index contributed by atoms with van der Waals surface area (Å²) < 4.78 is 0. The van der Waals surface area contributed by atoms with Crippen molar-refractivity contribution in [3.8, 4) is 0 Å². The van der Waals surface area contributed by atoms with Gasteiger partial charge in [0.15, 0.2) is 5.96 Å². The van der Waals surface area contributed by atoms with Gasteiger partial charge in [0.1, 0.15) is 12.1 Å². The predicted octanol–water partition coefficient (Wildman–Crippen LogP) is -2.52. The summed E-state index contributed by atoms with van der Waals surface area (Å²) in [5.74, 6) is -2.37. The number of nitrogens with zero attached hydrogens (tertiary/aromatic N) is 1. The molecule has 3 unspecified atom stereocenters. The molecule has 0 aliphatic carbocycles. The fourth-order valence-electron chi connectivity index (χ4n) is 2.15. The minimum Gasteiger partial charge on any atom is -0.480 e. The highest BCUT2D eigenvalue weighted by molar-refractivity contribution is 7.80. The van der Waals surface area contributed by atoms with Crippen molar-refractivity contribution in [2.45, 2.75) is 50.2 Å². The molecule has 27 heavy (non-hydrogen) atoms. The smallest absolute Gasteiger partial charge is 0.326 e. The molecule has 11 nitrogen and oxygen atoms in total. The van der Waals surface area contributed by atoms with Gasteiger partial charge in [-0.3, -0.25) is 14.6 Å². The van der Waals surface area contributed by atoms with Crippen LogP contribution in [0.3, 0.4) is 0 Å². The third-order valence-electron chi connectivity index (χ3n) is 3.68. The molecule has 0 spiro atoms. The van der Waals surface area contributed by atoms with Crippen molar-refractivity contribution >= 4 is 36.4 Å². The van der Waals surface area contributed by atoms with Crippen LogP contribution in [0.4, 0.5) is 0 Å². The minimum absolute atomic E-state index is 0.00652. The maximum atomic E-state index is 12.3. The number of rotatable bonds is 14. The van der Waals surface area contributed by atoms with E-state index in [1.807, 2.05) is 0 Å². The number of carbonyl (C=O) groups is 3. The van der Waals surface area contributed by atoms with Crippen LogP contribution in [-0.4, -0.2) is 65.8 Å². The van der Waals surface area contributed by atoms with E-state index < -0.39 is 35.9 Å². The molecule has 3 atom stereocenters. The Kier molecular flexibility index (Phi) is 13.0. The second kappa shape index (κ2) is 14.1. The Bertz CT molecular complexity index is 514. The number of unbranched alkanes of at least 4 members (excludes halogenated alkanes) is 1. The van der Waals surface area contributed by atoms with Crippen molar-refractivity contribution in [2.75, 3.05) is 18.8 Å². The molecule has 0 bridgehead atoms. The van der Waals surface area contributed by atoms with Gasteiger partial charge < -0.3 is 38.7 Å². The van der Waals surface area contributed by atoms with Gasteiger partial charge in [-0.05, 0) is 38.6 Å². The van der Waals surface area contributed by atoms with E-state index in [4.69, 9.17) is 22.9 Å². The average molecular weight is 406 g/mol. The highest BCUT2D eigenvalue weighted by Crippen LogP contribution is 2.03. The molecular weight excluding hydrogens is 374 g/mol. The topological polar surface area (TPSA) is 212 Å². The number of thiol groups is 1. The number of amides is 2. The number of aliphatic imine (C=N–C) groups is 1. The summed E-state index contributed by atoms with van der Waals surface area (Å²) in [6.45, 7) is 0.777. The standard InChI is InChI=1S/C15H31N7O4S/c16-6-2-1-5-10(14(25)26)21-13(24)11(8-27)22-12(23)9(17)4-3-7-20-15(18)19/h9-11,27H,1-8,16-17H2,(H,21,24)(H,22,23)(H,25,26)(H4,18,19,20). The summed E-state index contributed by atoms with van der Waals surface area (Å²) >= 11 is 4.04. The largest absolute Gasteiger partial charge is 0.480 e. The highest BCUT2D eigenvalue weighted by atomic mass is 32.1. The van der Waals surface area contributed by atoms with Gasteiger partial charge in [-0.25, -0.2) is 4.79 Å². The Labute approximate surface area is 164 Å². The molecule has 0 aliphatic heterocycles. The maximum absolute atomic E-state index is 12.3. The maximum Gasteiger partial charge on any atom is 0.326 e. The number of guanidine groups is 1. The second-order valence-corrected chi connectivity index (χ2v) is 6.35. The molecule has 11 N–H and O–H groups in total. The van der Waals surface area contributed by atoms with Crippen LogP contribution in [-0.2, 0) is 14.4 Å². The van der Waals surface area contributed by atoms with E-state index in [-0.39, 0.29) is 18.1 Å². The lowest BCUT2D eigenvalue weighted by Gasteiger charge is -2.21. The van der Waals surface area contributed by atoms with Crippen molar-refractivity contribution in [3.05, 3.63) is 0 Å². The summed E-state index contributed by atoms with van der Waals surface area (Å²) in [7, 11) is 0. The highest BCUT2D eigenvalue weighted by Gasteiger charge is 2.26. The zero-order valence-corrected chi connectivity index (χ0v) is 16.2. The molecule has 0 aromatic carbocycles. The monoisotopic (exact) mass is 405 g/mol. The van der Waals surface area contributed by atoms with Crippen LogP contribution in [0.2, 0.25) is 0 Å². The van der Waals surface area contributed by atoms with Gasteiger partial charge >= 0.3 is 5.97 Å². The van der Waals surface area contributed by atoms with Gasteiger partial charge in [0.05, 0.1) is 6.04 Å². The zero-order valence-electron chi connectivity index (χ0n) is 15.3. The number of hydrogen-bond donors (Lipinski definition) is 8. The molecule has 12 heteroatoms. The molecule has 0 rings (SSSR count). The van der Waals surface area contributed by atoms with Gasteiger partial charge in [0, 0.05) is 12.3 Å². The van der Waals surface area contributed by atoms with Crippen molar-refractivity contribution < 1.29 is 19.5 Å². The first kappa shape index (κ1) is 24.9. The summed E-state index contributed by atoms with van der Waals surface area (Å²) in [5, 5.41) is 14.1. The SMILES string of the molecule is NCCCCC(NC(=O)C(CS)NC(=O)C(N)CCCN=C(N)N)C(=O)O. The molecule has 0 radical (unpaired) electrons. The van der Waals surface area contributed by atoms with Crippen LogP contribution in [0, 0.1) is 0 Å². The first-order chi connectivity index (χ1) is 12.7. The predicted molar refractivity (Wildman–Crippen MR) is 106 cm³/mol. The van der Waals surface area contributed by atoms with Gasteiger partial charge in [-0.1, -0.05) is 0 Å². The molecule has 0 saturated carbocycles. The van der Waals surface area contributed by atoms with Gasteiger partial charge in [0.2, 0.25) is 11.8 Å². The van der Waals surface area contributed by atoms with Crippen LogP contribution in [0.1, 0.15) is 32.1 Å². The quantitative estimate of drug-likeness (QED) is 0.0666. The summed E-state index contributed by atoms with van der Waals surface area (Å²) in [6.07, 6.45) is 2.27. The fraction of sp³-hybridized carbons (Fsp3) is 0.733. The first-order valence-electron chi connectivity index (χ1n) is 8.68. The Morgan fingerprint density at radius 1 is 1.00 bits per heavy atom. The van der Waals surface area contributed by atoms with Gasteiger partial charge in [0.25, 0.3) is 0 Å². The van der Waals surface area contributed by atoms with E-state index in [9.17, 15) is 19.5 Å². The third-order valence-corrected chi connectivity index (χ3v) is 4.05. The fourth-order valence-corrected chi connectivity index (χ4v) is 2.40. The Morgan fingerprint density at radius 2 is 1.63 bits per heavy atom. The lowest BCUT2D eigenvalue weighted by molar-refractivity contribution is -0.142. The Hall–Kier alpha value is -2.05. The molecule has 0 saturated heterocycles. The van der Waals surface area contributed by atoms with Crippen LogP contribution in [0.5, 0.6) is 0 Å². The summed E-state index contributed by atoms with van der Waals surface area (Å²) in [6, 6.07) is -2.91. The van der Waals surface area contributed by atoms with Crippen LogP contribution >= 0.6 is 12.6 Å². The zero-order chi connectivity index (χ0) is 20.8. The van der Waals surface area contributed by atoms with Crippen molar-refractivity contribution in [2.24, 2.45) is 27.9 Å². The van der Waals surface area contributed by atoms with Crippen molar-refractivity contribution in [1.82, 2.24) is 10.6 Å². The van der Waals surface area contributed by atoms with Crippen LogP contribution in [0.15, 0.2) is 4.99 Å². The number of nitrogens with two attached hydrogens (primary N) is 4.